The predicted molar refractivity (Wildman–Crippen MR) is 69.9 cm³/mol. The first kappa shape index (κ1) is 12.9. The van der Waals surface area contributed by atoms with Crippen LogP contribution >= 0.6 is 0 Å². The highest BCUT2D eigenvalue weighted by Gasteiger charge is 2.35. The summed E-state index contributed by atoms with van der Waals surface area (Å²) < 4.78 is 0. The lowest BCUT2D eigenvalue weighted by molar-refractivity contribution is -0.133. The van der Waals surface area contributed by atoms with Crippen molar-refractivity contribution in [3.05, 3.63) is 0 Å². The second kappa shape index (κ2) is 5.38. The van der Waals surface area contributed by atoms with Crippen molar-refractivity contribution in [2.24, 2.45) is 0 Å². The lowest BCUT2D eigenvalue weighted by Crippen LogP contribution is -2.49. The molecule has 0 aromatic rings. The summed E-state index contributed by atoms with van der Waals surface area (Å²) in [4.78, 5) is 14.5. The molecular formula is C14H26N2O. The standard InChI is InChI=1S/C14H26N2O/c1-12-7-6-10-16(12)13(17)11-14(15-2)8-4-3-5-9-14/h12,15H,3-11H2,1-2H3. The summed E-state index contributed by atoms with van der Waals surface area (Å²) in [6.45, 7) is 3.15. The van der Waals surface area contributed by atoms with E-state index < -0.39 is 0 Å². The van der Waals surface area contributed by atoms with Crippen molar-refractivity contribution in [2.75, 3.05) is 13.6 Å². The quantitative estimate of drug-likeness (QED) is 0.818. The molecule has 1 unspecified atom stereocenters. The van der Waals surface area contributed by atoms with E-state index in [0.717, 1.165) is 19.4 Å². The molecular weight excluding hydrogens is 212 g/mol. The Balaban J connectivity index is 1.95. The molecule has 3 nitrogen and oxygen atoms in total. The van der Waals surface area contributed by atoms with E-state index in [9.17, 15) is 4.79 Å². The molecule has 0 aromatic heterocycles. The average Bonchev–Trinajstić information content (AvgIpc) is 2.77. The maximum Gasteiger partial charge on any atom is 0.224 e. The van der Waals surface area contributed by atoms with Crippen molar-refractivity contribution in [1.29, 1.82) is 0 Å². The highest BCUT2D eigenvalue weighted by atomic mass is 16.2. The van der Waals surface area contributed by atoms with Gasteiger partial charge in [0.15, 0.2) is 0 Å². The molecule has 1 atom stereocenters. The minimum atomic E-state index is 0.0949. The lowest BCUT2D eigenvalue weighted by atomic mass is 9.79. The molecule has 2 aliphatic rings. The van der Waals surface area contributed by atoms with E-state index >= 15 is 0 Å². The van der Waals surface area contributed by atoms with E-state index in [1.54, 1.807) is 0 Å². The normalized spacial score (nSPS) is 28.4. The molecule has 1 amide bonds. The summed E-state index contributed by atoms with van der Waals surface area (Å²) in [6.07, 6.45) is 9.26. The first-order valence-electron chi connectivity index (χ1n) is 7.15. The molecule has 1 aliphatic carbocycles. The second-order valence-electron chi connectivity index (χ2n) is 5.85. The van der Waals surface area contributed by atoms with Crippen LogP contribution in [0.1, 0.15) is 58.3 Å². The third kappa shape index (κ3) is 2.82. The fourth-order valence-corrected chi connectivity index (χ4v) is 3.44. The molecule has 0 radical (unpaired) electrons. The van der Waals surface area contributed by atoms with Gasteiger partial charge in [0.05, 0.1) is 0 Å². The Kier molecular flexibility index (Phi) is 4.08. The van der Waals surface area contributed by atoms with Crippen LogP contribution in [0.15, 0.2) is 0 Å². The van der Waals surface area contributed by atoms with Crippen LogP contribution in [0.3, 0.4) is 0 Å². The third-order valence-electron chi connectivity index (χ3n) is 4.70. The minimum Gasteiger partial charge on any atom is -0.340 e. The molecule has 1 saturated heterocycles. The Labute approximate surface area is 105 Å². The van der Waals surface area contributed by atoms with Gasteiger partial charge in [0.25, 0.3) is 0 Å². The molecule has 1 aliphatic heterocycles. The monoisotopic (exact) mass is 238 g/mol. The van der Waals surface area contributed by atoms with Gasteiger partial charge in [-0.1, -0.05) is 19.3 Å². The number of amides is 1. The van der Waals surface area contributed by atoms with Crippen molar-refractivity contribution in [3.63, 3.8) is 0 Å². The zero-order valence-electron chi connectivity index (χ0n) is 11.3. The number of carbonyl (C=O) groups excluding carboxylic acids is 1. The average molecular weight is 238 g/mol. The van der Waals surface area contributed by atoms with Crippen molar-refractivity contribution in [2.45, 2.75) is 69.9 Å². The number of hydrogen-bond acceptors (Lipinski definition) is 2. The van der Waals surface area contributed by atoms with Gasteiger partial charge in [-0.3, -0.25) is 4.79 Å². The Morgan fingerprint density at radius 1 is 1.29 bits per heavy atom. The van der Waals surface area contributed by atoms with E-state index in [0.29, 0.717) is 18.4 Å². The Morgan fingerprint density at radius 2 is 2.00 bits per heavy atom. The van der Waals surface area contributed by atoms with Gasteiger partial charge in [-0.25, -0.2) is 0 Å². The zero-order chi connectivity index (χ0) is 12.3. The smallest absolute Gasteiger partial charge is 0.224 e. The lowest BCUT2D eigenvalue weighted by Gasteiger charge is -2.38. The molecule has 2 fully saturated rings. The number of hydrogen-bond donors (Lipinski definition) is 1. The van der Waals surface area contributed by atoms with Gasteiger partial charge in [0, 0.05) is 24.5 Å². The molecule has 0 bridgehead atoms. The third-order valence-corrected chi connectivity index (χ3v) is 4.70. The van der Waals surface area contributed by atoms with Crippen molar-refractivity contribution in [1.82, 2.24) is 10.2 Å². The van der Waals surface area contributed by atoms with Crippen LogP contribution in [0.2, 0.25) is 0 Å². The summed E-state index contributed by atoms with van der Waals surface area (Å²) in [5.74, 6) is 0.367. The van der Waals surface area contributed by atoms with Crippen LogP contribution in [0.5, 0.6) is 0 Å². The highest BCUT2D eigenvalue weighted by molar-refractivity contribution is 5.78. The fourth-order valence-electron chi connectivity index (χ4n) is 3.44. The van der Waals surface area contributed by atoms with Crippen molar-refractivity contribution in [3.8, 4) is 0 Å². The molecule has 2 rings (SSSR count). The summed E-state index contributed by atoms with van der Waals surface area (Å²) >= 11 is 0. The van der Waals surface area contributed by atoms with E-state index in [1.807, 2.05) is 7.05 Å². The largest absolute Gasteiger partial charge is 0.340 e. The van der Waals surface area contributed by atoms with Crippen LogP contribution in [0.4, 0.5) is 0 Å². The van der Waals surface area contributed by atoms with Crippen LogP contribution in [-0.4, -0.2) is 36.0 Å². The number of carbonyl (C=O) groups is 1. The van der Waals surface area contributed by atoms with Crippen molar-refractivity contribution >= 4 is 5.91 Å². The molecule has 1 heterocycles. The molecule has 1 saturated carbocycles. The van der Waals surface area contributed by atoms with E-state index in [1.165, 1.54) is 32.1 Å². The molecule has 98 valence electrons. The van der Waals surface area contributed by atoms with Gasteiger partial charge >= 0.3 is 0 Å². The summed E-state index contributed by atoms with van der Waals surface area (Å²) in [5.41, 5.74) is 0.0949. The summed E-state index contributed by atoms with van der Waals surface area (Å²) in [7, 11) is 2.02. The highest BCUT2D eigenvalue weighted by Crippen LogP contribution is 2.32. The summed E-state index contributed by atoms with van der Waals surface area (Å²) in [6, 6.07) is 0.458. The maximum absolute atomic E-state index is 12.4. The first-order chi connectivity index (χ1) is 8.17. The minimum absolute atomic E-state index is 0.0949. The van der Waals surface area contributed by atoms with Gasteiger partial charge in [0.1, 0.15) is 0 Å². The van der Waals surface area contributed by atoms with Crippen LogP contribution in [0, 0.1) is 0 Å². The van der Waals surface area contributed by atoms with Crippen LogP contribution < -0.4 is 5.32 Å². The van der Waals surface area contributed by atoms with Gasteiger partial charge in [-0.15, -0.1) is 0 Å². The molecule has 0 spiro atoms. The summed E-state index contributed by atoms with van der Waals surface area (Å²) in [5, 5.41) is 3.44. The van der Waals surface area contributed by atoms with E-state index in [4.69, 9.17) is 0 Å². The maximum atomic E-state index is 12.4. The number of rotatable bonds is 3. The molecule has 1 N–H and O–H groups in total. The SMILES string of the molecule is CNC1(CC(=O)N2CCCC2C)CCCCC1. The van der Waals surface area contributed by atoms with Gasteiger partial charge in [-0.2, -0.15) is 0 Å². The Hall–Kier alpha value is -0.570. The van der Waals surface area contributed by atoms with Crippen molar-refractivity contribution < 1.29 is 4.79 Å². The van der Waals surface area contributed by atoms with Gasteiger partial charge in [-0.05, 0) is 39.7 Å². The fraction of sp³-hybridized carbons (Fsp3) is 0.929. The number of nitrogens with zero attached hydrogens (tertiary/aromatic N) is 1. The Bertz CT molecular complexity index is 271. The second-order valence-corrected chi connectivity index (χ2v) is 5.85. The van der Waals surface area contributed by atoms with Crippen LogP contribution in [-0.2, 0) is 4.79 Å². The van der Waals surface area contributed by atoms with Gasteiger partial charge < -0.3 is 10.2 Å². The molecule has 17 heavy (non-hydrogen) atoms. The Morgan fingerprint density at radius 3 is 2.53 bits per heavy atom. The van der Waals surface area contributed by atoms with E-state index in [2.05, 4.69) is 17.1 Å². The van der Waals surface area contributed by atoms with Crippen LogP contribution in [0.25, 0.3) is 0 Å². The first-order valence-corrected chi connectivity index (χ1v) is 7.15. The molecule has 3 heteroatoms. The van der Waals surface area contributed by atoms with Gasteiger partial charge in [0.2, 0.25) is 5.91 Å². The zero-order valence-corrected chi connectivity index (χ0v) is 11.3. The number of likely N-dealkylation sites (tertiary alicyclic amines) is 1. The van der Waals surface area contributed by atoms with E-state index in [-0.39, 0.29) is 5.54 Å². The number of nitrogens with one attached hydrogen (secondary N) is 1. The molecule has 0 aromatic carbocycles. The topological polar surface area (TPSA) is 32.3 Å². The predicted octanol–water partition coefficient (Wildman–Crippen LogP) is 2.31.